The highest BCUT2D eigenvalue weighted by atomic mass is 32.1. The zero-order valence-corrected chi connectivity index (χ0v) is 10.2. The number of carboxylic acid groups (broad SMARTS) is 1. The van der Waals surface area contributed by atoms with Crippen LogP contribution in [0.1, 0.15) is 29.3 Å². The van der Waals surface area contributed by atoms with Crippen molar-refractivity contribution in [2.45, 2.75) is 26.4 Å². The normalized spacial score (nSPS) is 11.3. The summed E-state index contributed by atoms with van der Waals surface area (Å²) in [6.45, 7) is 5.29. The van der Waals surface area contributed by atoms with Gasteiger partial charge in [-0.1, -0.05) is 0 Å². The summed E-state index contributed by atoms with van der Waals surface area (Å²) >= 11 is 1.13. The molecule has 0 unspecified atom stereocenters. The second kappa shape index (κ2) is 5.93. The minimum atomic E-state index is -0.991. The van der Waals surface area contributed by atoms with Gasteiger partial charge in [0.05, 0.1) is 12.3 Å². The predicted octanol–water partition coefficient (Wildman–Crippen LogP) is 1.04. The first kappa shape index (κ1) is 13.1. The highest BCUT2D eigenvalue weighted by Gasteiger charge is 2.13. The van der Waals surface area contributed by atoms with E-state index in [9.17, 15) is 4.79 Å². The van der Waals surface area contributed by atoms with E-state index in [0.29, 0.717) is 19.1 Å². The number of aromatic carboxylic acids is 1. The largest absolute Gasteiger partial charge is 0.476 e. The van der Waals surface area contributed by atoms with Crippen LogP contribution in [0.5, 0.6) is 0 Å². The van der Waals surface area contributed by atoms with Crippen molar-refractivity contribution in [2.24, 2.45) is 0 Å². The van der Waals surface area contributed by atoms with Crippen LogP contribution in [0.25, 0.3) is 0 Å². The van der Waals surface area contributed by atoms with E-state index in [4.69, 9.17) is 10.2 Å². The summed E-state index contributed by atoms with van der Waals surface area (Å²) in [5, 5.41) is 19.5. The summed E-state index contributed by atoms with van der Waals surface area (Å²) in [7, 11) is 0. The zero-order chi connectivity index (χ0) is 12.1. The number of hydrogen-bond donors (Lipinski definition) is 2. The van der Waals surface area contributed by atoms with Crippen LogP contribution < -0.4 is 0 Å². The molecular weight excluding hydrogens is 228 g/mol. The first-order valence-corrected chi connectivity index (χ1v) is 5.95. The number of rotatable bonds is 6. The number of thiazole rings is 1. The third-order valence-corrected chi connectivity index (χ3v) is 3.10. The molecule has 5 nitrogen and oxygen atoms in total. The lowest BCUT2D eigenvalue weighted by atomic mass is 10.3. The maximum absolute atomic E-state index is 10.7. The van der Waals surface area contributed by atoms with Crippen molar-refractivity contribution in [3.05, 3.63) is 16.1 Å². The van der Waals surface area contributed by atoms with Gasteiger partial charge in [-0.05, 0) is 13.8 Å². The Hall–Kier alpha value is -0.980. The van der Waals surface area contributed by atoms with Crippen LogP contribution in [-0.4, -0.2) is 45.3 Å². The lowest BCUT2D eigenvalue weighted by Crippen LogP contribution is -2.33. The Morgan fingerprint density at radius 1 is 1.62 bits per heavy atom. The highest BCUT2D eigenvalue weighted by molar-refractivity contribution is 7.11. The summed E-state index contributed by atoms with van der Waals surface area (Å²) in [5.74, 6) is -0.991. The molecule has 90 valence electrons. The second-order valence-corrected chi connectivity index (χ2v) is 4.60. The van der Waals surface area contributed by atoms with Crippen LogP contribution in [0.15, 0.2) is 5.38 Å². The van der Waals surface area contributed by atoms with E-state index in [1.807, 2.05) is 18.7 Å². The molecule has 0 spiro atoms. The van der Waals surface area contributed by atoms with Crippen molar-refractivity contribution in [3.8, 4) is 0 Å². The zero-order valence-electron chi connectivity index (χ0n) is 9.38. The van der Waals surface area contributed by atoms with E-state index in [1.165, 1.54) is 0 Å². The van der Waals surface area contributed by atoms with Gasteiger partial charge in [0.25, 0.3) is 0 Å². The number of carboxylic acids is 1. The van der Waals surface area contributed by atoms with Crippen LogP contribution in [0, 0.1) is 0 Å². The molecule has 1 aromatic heterocycles. The Balaban J connectivity index is 2.66. The highest BCUT2D eigenvalue weighted by Crippen LogP contribution is 2.13. The van der Waals surface area contributed by atoms with Gasteiger partial charge in [-0.25, -0.2) is 9.78 Å². The minimum absolute atomic E-state index is 0.0914. The standard InChI is InChI=1S/C10H16N2O3S/c1-7(2)12(3-4-13)5-8-6-16-9(11-8)10(14)15/h6-7,13H,3-5H2,1-2H3,(H,14,15). The molecule has 16 heavy (non-hydrogen) atoms. The van der Waals surface area contributed by atoms with Crippen LogP contribution >= 0.6 is 11.3 Å². The van der Waals surface area contributed by atoms with Crippen molar-refractivity contribution < 1.29 is 15.0 Å². The fourth-order valence-electron chi connectivity index (χ4n) is 1.33. The lowest BCUT2D eigenvalue weighted by Gasteiger charge is -2.24. The Labute approximate surface area is 98.4 Å². The average molecular weight is 244 g/mol. The van der Waals surface area contributed by atoms with Crippen LogP contribution in [0.2, 0.25) is 0 Å². The number of aliphatic hydroxyl groups is 1. The minimum Gasteiger partial charge on any atom is -0.476 e. The summed E-state index contributed by atoms with van der Waals surface area (Å²) in [6, 6.07) is 0.294. The van der Waals surface area contributed by atoms with Crippen molar-refractivity contribution >= 4 is 17.3 Å². The van der Waals surface area contributed by atoms with Crippen molar-refractivity contribution in [2.75, 3.05) is 13.2 Å². The summed E-state index contributed by atoms with van der Waals surface area (Å²) in [4.78, 5) is 16.7. The van der Waals surface area contributed by atoms with Gasteiger partial charge in [0.1, 0.15) is 0 Å². The smallest absolute Gasteiger partial charge is 0.365 e. The first-order chi connectivity index (χ1) is 7.54. The fourth-order valence-corrected chi connectivity index (χ4v) is 1.98. The van der Waals surface area contributed by atoms with E-state index in [2.05, 4.69) is 4.98 Å². The average Bonchev–Trinajstić information content (AvgIpc) is 2.65. The van der Waals surface area contributed by atoms with E-state index in [1.54, 1.807) is 5.38 Å². The molecule has 1 rings (SSSR count). The molecule has 0 fully saturated rings. The molecule has 0 atom stereocenters. The van der Waals surface area contributed by atoms with Gasteiger partial charge < -0.3 is 10.2 Å². The molecule has 0 saturated heterocycles. The number of aromatic nitrogens is 1. The molecular formula is C10H16N2O3S. The molecule has 0 aliphatic rings. The Morgan fingerprint density at radius 3 is 2.75 bits per heavy atom. The third-order valence-electron chi connectivity index (χ3n) is 2.22. The maximum Gasteiger partial charge on any atom is 0.365 e. The number of carbonyl (C=O) groups is 1. The van der Waals surface area contributed by atoms with Crippen LogP contribution in [0.3, 0.4) is 0 Å². The quantitative estimate of drug-likeness (QED) is 0.782. The molecule has 0 aliphatic carbocycles. The van der Waals surface area contributed by atoms with Gasteiger partial charge >= 0.3 is 5.97 Å². The molecule has 6 heteroatoms. The molecule has 1 heterocycles. The number of aliphatic hydroxyl groups excluding tert-OH is 1. The monoisotopic (exact) mass is 244 g/mol. The van der Waals surface area contributed by atoms with E-state index >= 15 is 0 Å². The summed E-state index contributed by atoms with van der Waals surface area (Å²) in [6.07, 6.45) is 0. The molecule has 0 saturated carbocycles. The number of hydrogen-bond acceptors (Lipinski definition) is 5. The Bertz CT molecular complexity index is 352. The summed E-state index contributed by atoms with van der Waals surface area (Å²) < 4.78 is 0. The SMILES string of the molecule is CC(C)N(CCO)Cc1csc(C(=O)O)n1. The number of nitrogens with zero attached hydrogens (tertiary/aromatic N) is 2. The third kappa shape index (κ3) is 3.55. The Kier molecular flexibility index (Phi) is 4.85. The molecule has 0 amide bonds. The van der Waals surface area contributed by atoms with Crippen molar-refractivity contribution in [1.82, 2.24) is 9.88 Å². The summed E-state index contributed by atoms with van der Waals surface area (Å²) in [5.41, 5.74) is 0.740. The van der Waals surface area contributed by atoms with Gasteiger partial charge in [-0.2, -0.15) is 0 Å². The van der Waals surface area contributed by atoms with E-state index in [0.717, 1.165) is 17.0 Å². The van der Waals surface area contributed by atoms with E-state index < -0.39 is 5.97 Å². The molecule has 1 aromatic rings. The maximum atomic E-state index is 10.7. The van der Waals surface area contributed by atoms with Crippen molar-refractivity contribution in [3.63, 3.8) is 0 Å². The topological polar surface area (TPSA) is 73.7 Å². The predicted molar refractivity (Wildman–Crippen MR) is 61.7 cm³/mol. The van der Waals surface area contributed by atoms with Crippen LogP contribution in [0.4, 0.5) is 0 Å². The molecule has 0 aliphatic heterocycles. The van der Waals surface area contributed by atoms with Gasteiger partial charge in [0, 0.05) is 24.5 Å². The first-order valence-electron chi connectivity index (χ1n) is 5.07. The van der Waals surface area contributed by atoms with Gasteiger partial charge in [0.2, 0.25) is 5.01 Å². The molecule has 0 aromatic carbocycles. The van der Waals surface area contributed by atoms with Gasteiger partial charge in [0.15, 0.2) is 0 Å². The van der Waals surface area contributed by atoms with Crippen LogP contribution in [-0.2, 0) is 6.54 Å². The second-order valence-electron chi connectivity index (χ2n) is 3.74. The Morgan fingerprint density at radius 2 is 2.31 bits per heavy atom. The lowest BCUT2D eigenvalue weighted by molar-refractivity contribution is 0.0696. The van der Waals surface area contributed by atoms with Crippen molar-refractivity contribution in [1.29, 1.82) is 0 Å². The van der Waals surface area contributed by atoms with Gasteiger partial charge in [-0.3, -0.25) is 4.90 Å². The molecule has 0 bridgehead atoms. The molecule has 0 radical (unpaired) electrons. The fraction of sp³-hybridized carbons (Fsp3) is 0.600. The van der Waals surface area contributed by atoms with Gasteiger partial charge in [-0.15, -0.1) is 11.3 Å². The van der Waals surface area contributed by atoms with E-state index in [-0.39, 0.29) is 11.6 Å². The molecule has 2 N–H and O–H groups in total.